The number of benzene rings is 1. The molecule has 0 spiro atoms. The molecule has 1 aromatic carbocycles. The highest BCUT2D eigenvalue weighted by Crippen LogP contribution is 2.38. The Bertz CT molecular complexity index is 647. The molecule has 0 unspecified atom stereocenters. The van der Waals surface area contributed by atoms with Crippen LogP contribution in [0.3, 0.4) is 0 Å². The fraction of sp³-hybridized carbons (Fsp3) is 0.438. The number of hydrogen-bond acceptors (Lipinski definition) is 8. The minimum absolute atomic E-state index is 0.211. The quantitative estimate of drug-likeness (QED) is 0.697. The summed E-state index contributed by atoms with van der Waals surface area (Å²) in [6.45, 7) is -0.173. The molecule has 25 heavy (non-hydrogen) atoms. The number of nitrogens with one attached hydrogen (secondary N) is 1. The standard InChI is InChI=1S/C16H19NO8/c1-21-11-6-9(7-12(22-2)14(11)23-3)15(19)17-8-13(18)25-10-4-5-24-16(10)20/h6-7,10H,4-5,8H2,1-3H3,(H,17,19)/t10-/m0/s1. The number of hydrogen-bond donors (Lipinski definition) is 1. The molecule has 1 aliphatic heterocycles. The first-order valence-electron chi connectivity index (χ1n) is 7.44. The molecule has 0 bridgehead atoms. The zero-order valence-electron chi connectivity index (χ0n) is 14.1. The van der Waals surface area contributed by atoms with E-state index in [2.05, 4.69) is 5.32 Å². The van der Waals surface area contributed by atoms with Crippen molar-refractivity contribution >= 4 is 17.8 Å². The molecule has 1 aliphatic rings. The van der Waals surface area contributed by atoms with E-state index in [4.69, 9.17) is 23.7 Å². The van der Waals surface area contributed by atoms with Gasteiger partial charge in [0.25, 0.3) is 5.91 Å². The van der Waals surface area contributed by atoms with Gasteiger partial charge in [-0.15, -0.1) is 0 Å². The van der Waals surface area contributed by atoms with Crippen molar-refractivity contribution in [2.45, 2.75) is 12.5 Å². The smallest absolute Gasteiger partial charge is 0.347 e. The van der Waals surface area contributed by atoms with E-state index in [0.717, 1.165) is 0 Å². The Balaban J connectivity index is 2.00. The van der Waals surface area contributed by atoms with Crippen molar-refractivity contribution < 1.29 is 38.1 Å². The third-order valence-electron chi connectivity index (χ3n) is 3.48. The molecule has 0 aromatic heterocycles. The van der Waals surface area contributed by atoms with Gasteiger partial charge in [-0.05, 0) is 12.1 Å². The van der Waals surface area contributed by atoms with Crippen molar-refractivity contribution in [1.29, 1.82) is 0 Å². The van der Waals surface area contributed by atoms with E-state index in [1.807, 2.05) is 0 Å². The molecule has 2 rings (SSSR count). The van der Waals surface area contributed by atoms with Crippen LogP contribution in [-0.2, 0) is 19.1 Å². The number of carbonyl (C=O) groups is 3. The van der Waals surface area contributed by atoms with Crippen LogP contribution >= 0.6 is 0 Å². The zero-order valence-corrected chi connectivity index (χ0v) is 14.1. The highest BCUT2D eigenvalue weighted by molar-refractivity contribution is 5.97. The molecule has 0 aliphatic carbocycles. The first-order chi connectivity index (χ1) is 12.0. The minimum atomic E-state index is -0.912. The lowest BCUT2D eigenvalue weighted by molar-refractivity contribution is -0.159. The van der Waals surface area contributed by atoms with Gasteiger partial charge < -0.3 is 29.0 Å². The number of carbonyl (C=O) groups excluding carboxylic acids is 3. The summed E-state index contributed by atoms with van der Waals surface area (Å²) in [4.78, 5) is 35.2. The SMILES string of the molecule is COc1cc(C(=O)NCC(=O)O[C@H]2CCOC2=O)cc(OC)c1OC. The maximum absolute atomic E-state index is 12.2. The van der Waals surface area contributed by atoms with Gasteiger partial charge in [-0.3, -0.25) is 9.59 Å². The largest absolute Gasteiger partial charge is 0.493 e. The van der Waals surface area contributed by atoms with Crippen LogP contribution in [0.2, 0.25) is 0 Å². The maximum Gasteiger partial charge on any atom is 0.347 e. The number of methoxy groups -OCH3 is 3. The lowest BCUT2D eigenvalue weighted by Gasteiger charge is -2.14. The molecule has 1 heterocycles. The Kier molecular flexibility index (Phi) is 6.04. The molecule has 0 radical (unpaired) electrons. The summed E-state index contributed by atoms with van der Waals surface area (Å²) in [7, 11) is 4.30. The van der Waals surface area contributed by atoms with Crippen LogP contribution in [0.4, 0.5) is 0 Å². The summed E-state index contributed by atoms with van der Waals surface area (Å²) in [6.07, 6.45) is -0.601. The van der Waals surface area contributed by atoms with Gasteiger partial charge in [0, 0.05) is 12.0 Å². The molecule has 1 saturated heterocycles. The fourth-order valence-corrected chi connectivity index (χ4v) is 2.25. The van der Waals surface area contributed by atoms with Crippen molar-refractivity contribution in [3.8, 4) is 17.2 Å². The summed E-state index contributed by atoms with van der Waals surface area (Å²) in [6, 6.07) is 2.91. The van der Waals surface area contributed by atoms with E-state index >= 15 is 0 Å². The highest BCUT2D eigenvalue weighted by Gasteiger charge is 2.30. The summed E-state index contributed by atoms with van der Waals surface area (Å²) in [5.74, 6) is -0.883. The van der Waals surface area contributed by atoms with Gasteiger partial charge in [0.15, 0.2) is 11.5 Å². The number of amides is 1. The van der Waals surface area contributed by atoms with Gasteiger partial charge in [-0.25, -0.2) is 4.79 Å². The first-order valence-corrected chi connectivity index (χ1v) is 7.44. The van der Waals surface area contributed by atoms with E-state index in [1.165, 1.54) is 33.5 Å². The Morgan fingerprint density at radius 1 is 1.16 bits per heavy atom. The van der Waals surface area contributed by atoms with Gasteiger partial charge in [0.1, 0.15) is 6.54 Å². The lowest BCUT2D eigenvalue weighted by atomic mass is 10.1. The normalized spacial score (nSPS) is 16.0. The van der Waals surface area contributed by atoms with Crippen molar-refractivity contribution in [2.75, 3.05) is 34.5 Å². The monoisotopic (exact) mass is 353 g/mol. The molecule has 1 fully saturated rings. The van der Waals surface area contributed by atoms with Crippen LogP contribution < -0.4 is 19.5 Å². The number of ether oxygens (including phenoxy) is 5. The van der Waals surface area contributed by atoms with Crippen LogP contribution in [0, 0.1) is 0 Å². The Hall–Kier alpha value is -2.97. The summed E-state index contributed by atoms with van der Waals surface area (Å²) < 4.78 is 25.1. The molecule has 9 heteroatoms. The molecular weight excluding hydrogens is 334 g/mol. The topological polar surface area (TPSA) is 109 Å². The Labute approximate surface area is 144 Å². The predicted octanol–water partition coefficient (Wildman–Crippen LogP) is 0.301. The average molecular weight is 353 g/mol. The summed E-state index contributed by atoms with van der Waals surface area (Å²) in [5, 5.41) is 2.41. The second-order valence-corrected chi connectivity index (χ2v) is 5.03. The second kappa shape index (κ2) is 8.22. The number of esters is 2. The van der Waals surface area contributed by atoms with Crippen LogP contribution in [0.25, 0.3) is 0 Å². The molecular formula is C16H19NO8. The van der Waals surface area contributed by atoms with Crippen LogP contribution in [0.5, 0.6) is 17.2 Å². The number of cyclic esters (lactones) is 1. The molecule has 1 atom stereocenters. The van der Waals surface area contributed by atoms with Gasteiger partial charge in [-0.1, -0.05) is 0 Å². The Morgan fingerprint density at radius 3 is 2.28 bits per heavy atom. The van der Waals surface area contributed by atoms with Crippen molar-refractivity contribution in [1.82, 2.24) is 5.32 Å². The summed E-state index contributed by atoms with van der Waals surface area (Å²) >= 11 is 0. The van der Waals surface area contributed by atoms with E-state index in [-0.39, 0.29) is 18.7 Å². The van der Waals surface area contributed by atoms with E-state index in [1.54, 1.807) is 0 Å². The van der Waals surface area contributed by atoms with Crippen LogP contribution in [0.15, 0.2) is 12.1 Å². The van der Waals surface area contributed by atoms with Crippen molar-refractivity contribution in [3.05, 3.63) is 17.7 Å². The maximum atomic E-state index is 12.2. The summed E-state index contributed by atoms with van der Waals surface area (Å²) in [5.41, 5.74) is 0.211. The molecule has 1 N–H and O–H groups in total. The molecule has 9 nitrogen and oxygen atoms in total. The minimum Gasteiger partial charge on any atom is -0.493 e. The van der Waals surface area contributed by atoms with Gasteiger partial charge in [0.05, 0.1) is 27.9 Å². The fourth-order valence-electron chi connectivity index (χ4n) is 2.25. The molecule has 0 saturated carbocycles. The number of rotatable bonds is 7. The van der Waals surface area contributed by atoms with Gasteiger partial charge in [0.2, 0.25) is 11.9 Å². The van der Waals surface area contributed by atoms with E-state index in [9.17, 15) is 14.4 Å². The van der Waals surface area contributed by atoms with Crippen LogP contribution in [-0.4, -0.2) is 58.4 Å². The second-order valence-electron chi connectivity index (χ2n) is 5.03. The molecule has 136 valence electrons. The van der Waals surface area contributed by atoms with Gasteiger partial charge in [-0.2, -0.15) is 0 Å². The molecule has 1 aromatic rings. The van der Waals surface area contributed by atoms with E-state index in [0.29, 0.717) is 23.7 Å². The highest BCUT2D eigenvalue weighted by atomic mass is 16.6. The van der Waals surface area contributed by atoms with Crippen molar-refractivity contribution in [2.24, 2.45) is 0 Å². The predicted molar refractivity (Wildman–Crippen MR) is 83.9 cm³/mol. The molecule has 1 amide bonds. The van der Waals surface area contributed by atoms with Crippen LogP contribution in [0.1, 0.15) is 16.8 Å². The van der Waals surface area contributed by atoms with Crippen molar-refractivity contribution in [3.63, 3.8) is 0 Å². The first kappa shape index (κ1) is 18.4. The third-order valence-corrected chi connectivity index (χ3v) is 3.48. The van der Waals surface area contributed by atoms with Gasteiger partial charge >= 0.3 is 11.9 Å². The lowest BCUT2D eigenvalue weighted by Crippen LogP contribution is -2.33. The zero-order chi connectivity index (χ0) is 18.4. The van der Waals surface area contributed by atoms with E-state index < -0.39 is 23.9 Å². The third kappa shape index (κ3) is 4.31. The Morgan fingerprint density at radius 2 is 1.80 bits per heavy atom. The average Bonchev–Trinajstić information content (AvgIpc) is 3.02.